The van der Waals surface area contributed by atoms with Gasteiger partial charge in [-0.2, -0.15) is 0 Å². The van der Waals surface area contributed by atoms with Crippen molar-refractivity contribution in [3.05, 3.63) is 76.5 Å². The molecular formula is C25H31Cl2N. The normalized spacial score (nSPS) is 22.6. The first kappa shape index (κ1) is 21.3. The summed E-state index contributed by atoms with van der Waals surface area (Å²) in [6.45, 7) is 13.5. The number of hydrogen-bond acceptors (Lipinski definition) is 1. The Morgan fingerprint density at radius 3 is 2.07 bits per heavy atom. The molecule has 0 radical (unpaired) electrons. The molecule has 150 valence electrons. The molecule has 0 fully saturated rings. The molecular weight excluding hydrogens is 385 g/mol. The number of allylic oxidation sites excluding steroid dienone is 6. The van der Waals surface area contributed by atoms with Crippen LogP contribution in [-0.4, -0.2) is 11.4 Å². The zero-order valence-corrected chi connectivity index (χ0v) is 19.3. The average molecular weight is 416 g/mol. The molecule has 3 rings (SSSR count). The third-order valence-electron chi connectivity index (χ3n) is 5.36. The Morgan fingerprint density at radius 1 is 0.929 bits per heavy atom. The number of rotatable bonds is 3. The summed E-state index contributed by atoms with van der Waals surface area (Å²) in [4.78, 5) is 2.37. The Bertz CT molecular complexity index is 842. The molecule has 0 aromatic heterocycles. The van der Waals surface area contributed by atoms with Crippen molar-refractivity contribution in [2.45, 2.75) is 64.8 Å². The summed E-state index contributed by atoms with van der Waals surface area (Å²) in [6.07, 6.45) is 11.6. The summed E-state index contributed by atoms with van der Waals surface area (Å²) < 4.78 is 0. The van der Waals surface area contributed by atoms with E-state index in [-0.39, 0.29) is 22.2 Å². The third kappa shape index (κ3) is 4.75. The van der Waals surface area contributed by atoms with Gasteiger partial charge in [-0.1, -0.05) is 83.5 Å². The highest BCUT2D eigenvalue weighted by molar-refractivity contribution is 6.32. The Hall–Kier alpha value is -1.44. The minimum Gasteiger partial charge on any atom is -0.335 e. The number of halogens is 2. The Labute approximate surface area is 180 Å². The molecule has 0 saturated heterocycles. The van der Waals surface area contributed by atoms with Crippen LogP contribution in [0.4, 0.5) is 5.69 Å². The molecule has 2 atom stereocenters. The van der Waals surface area contributed by atoms with Crippen molar-refractivity contribution in [3.63, 3.8) is 0 Å². The predicted octanol–water partition coefficient (Wildman–Crippen LogP) is 7.72. The van der Waals surface area contributed by atoms with E-state index in [2.05, 4.69) is 95.0 Å². The predicted molar refractivity (Wildman–Crippen MR) is 124 cm³/mol. The molecule has 0 spiro atoms. The lowest BCUT2D eigenvalue weighted by Gasteiger charge is -2.34. The summed E-state index contributed by atoms with van der Waals surface area (Å²) in [6, 6.07) is 9.05. The second-order valence-electron chi connectivity index (χ2n) is 9.80. The molecule has 2 unspecified atom stereocenters. The third-order valence-corrected chi connectivity index (χ3v) is 5.87. The number of nitrogens with zero attached hydrogens (tertiary/aromatic N) is 1. The van der Waals surface area contributed by atoms with Crippen molar-refractivity contribution in [2.75, 3.05) is 4.90 Å². The van der Waals surface area contributed by atoms with Gasteiger partial charge in [-0.25, -0.2) is 0 Å². The molecule has 1 nitrogen and oxygen atoms in total. The molecule has 0 amide bonds. The van der Waals surface area contributed by atoms with E-state index in [4.69, 9.17) is 23.2 Å². The second-order valence-corrected chi connectivity index (χ2v) is 10.8. The van der Waals surface area contributed by atoms with Gasteiger partial charge in [0.15, 0.2) is 0 Å². The van der Waals surface area contributed by atoms with Crippen LogP contribution < -0.4 is 4.90 Å². The van der Waals surface area contributed by atoms with Crippen LogP contribution in [-0.2, 0) is 5.41 Å². The highest BCUT2D eigenvalue weighted by atomic mass is 35.5. The standard InChI is InChI=1S/C25H31Cl2N/c1-24(2,3)17-7-10-21(11-8-17)28(23-15-19(26)14-20(27)16-23)22-12-9-18(13-22)25(4,5)6/h7-15,20,22H,16H2,1-6H3. The van der Waals surface area contributed by atoms with Gasteiger partial charge in [0.05, 0.1) is 11.4 Å². The molecule has 2 aliphatic rings. The lowest BCUT2D eigenvalue weighted by atomic mass is 9.87. The number of anilines is 1. The minimum atomic E-state index is -0.0831. The Kier molecular flexibility index (Phi) is 5.90. The van der Waals surface area contributed by atoms with Gasteiger partial charge in [0.25, 0.3) is 0 Å². The molecule has 0 saturated carbocycles. The van der Waals surface area contributed by atoms with Gasteiger partial charge < -0.3 is 4.90 Å². The van der Waals surface area contributed by atoms with E-state index in [9.17, 15) is 0 Å². The molecule has 1 aromatic carbocycles. The maximum atomic E-state index is 6.47. The Balaban J connectivity index is 2.03. The van der Waals surface area contributed by atoms with E-state index in [1.807, 2.05) is 6.08 Å². The quantitative estimate of drug-likeness (QED) is 0.456. The molecule has 2 aliphatic carbocycles. The topological polar surface area (TPSA) is 3.24 Å². The highest BCUT2D eigenvalue weighted by Crippen LogP contribution is 2.37. The number of benzene rings is 1. The van der Waals surface area contributed by atoms with Crippen molar-refractivity contribution >= 4 is 28.9 Å². The first-order valence-corrected chi connectivity index (χ1v) is 10.8. The zero-order valence-electron chi connectivity index (χ0n) is 17.8. The van der Waals surface area contributed by atoms with Crippen LogP contribution in [0.15, 0.2) is 70.9 Å². The van der Waals surface area contributed by atoms with Gasteiger partial charge in [-0.3, -0.25) is 0 Å². The highest BCUT2D eigenvalue weighted by Gasteiger charge is 2.28. The fraction of sp³-hybridized carbons (Fsp3) is 0.440. The van der Waals surface area contributed by atoms with E-state index in [0.29, 0.717) is 5.03 Å². The molecule has 0 aliphatic heterocycles. The van der Waals surface area contributed by atoms with E-state index < -0.39 is 0 Å². The molecule has 1 aromatic rings. The molecule has 0 heterocycles. The van der Waals surface area contributed by atoms with Crippen molar-refractivity contribution in [3.8, 4) is 0 Å². The second kappa shape index (κ2) is 7.76. The van der Waals surface area contributed by atoms with E-state index >= 15 is 0 Å². The average Bonchev–Trinajstić information content (AvgIpc) is 3.04. The summed E-state index contributed by atoms with van der Waals surface area (Å²) in [5.74, 6) is 0. The lowest BCUT2D eigenvalue weighted by molar-refractivity contribution is 0.517. The van der Waals surface area contributed by atoms with Crippen LogP contribution in [0, 0.1) is 5.41 Å². The van der Waals surface area contributed by atoms with Gasteiger partial charge in [0, 0.05) is 22.8 Å². The van der Waals surface area contributed by atoms with Gasteiger partial charge in [0.2, 0.25) is 0 Å². The van der Waals surface area contributed by atoms with Crippen molar-refractivity contribution < 1.29 is 0 Å². The number of hydrogen-bond donors (Lipinski definition) is 0. The van der Waals surface area contributed by atoms with Gasteiger partial charge in [0.1, 0.15) is 0 Å². The Morgan fingerprint density at radius 2 is 1.57 bits per heavy atom. The summed E-state index contributed by atoms with van der Waals surface area (Å²) in [7, 11) is 0. The maximum absolute atomic E-state index is 6.47. The van der Waals surface area contributed by atoms with Gasteiger partial charge in [-0.05, 0) is 46.3 Å². The van der Waals surface area contributed by atoms with Crippen molar-refractivity contribution in [1.82, 2.24) is 0 Å². The monoisotopic (exact) mass is 415 g/mol. The van der Waals surface area contributed by atoms with Crippen molar-refractivity contribution in [2.24, 2.45) is 5.41 Å². The summed E-state index contributed by atoms with van der Waals surface area (Å²) in [5.41, 5.74) is 5.25. The van der Waals surface area contributed by atoms with Crippen LogP contribution in [0.1, 0.15) is 53.5 Å². The lowest BCUT2D eigenvalue weighted by Crippen LogP contribution is -2.33. The first-order valence-electron chi connectivity index (χ1n) is 9.97. The van der Waals surface area contributed by atoms with Crippen LogP contribution >= 0.6 is 23.2 Å². The molecule has 28 heavy (non-hydrogen) atoms. The van der Waals surface area contributed by atoms with Gasteiger partial charge in [-0.15, -0.1) is 11.6 Å². The van der Waals surface area contributed by atoms with E-state index in [1.54, 1.807) is 0 Å². The smallest absolute Gasteiger partial charge is 0.0712 e. The summed E-state index contributed by atoms with van der Waals surface area (Å²) >= 11 is 12.8. The SMILES string of the molecule is CC(C)(C)C1=CC(N(C2=CC(Cl)=CC(Cl)C2)c2ccc(C(C)(C)C)cc2)C=C1. The van der Waals surface area contributed by atoms with Crippen LogP contribution in [0.5, 0.6) is 0 Å². The molecule has 0 bridgehead atoms. The maximum Gasteiger partial charge on any atom is 0.0712 e. The van der Waals surface area contributed by atoms with E-state index in [0.717, 1.165) is 17.8 Å². The van der Waals surface area contributed by atoms with Crippen molar-refractivity contribution in [1.29, 1.82) is 0 Å². The summed E-state index contributed by atoms with van der Waals surface area (Å²) in [5, 5.41) is 0.625. The van der Waals surface area contributed by atoms with Crippen LogP contribution in [0.25, 0.3) is 0 Å². The molecule has 3 heteroatoms. The number of alkyl halides is 1. The fourth-order valence-electron chi connectivity index (χ4n) is 3.67. The van der Waals surface area contributed by atoms with Gasteiger partial charge >= 0.3 is 0 Å². The van der Waals surface area contributed by atoms with E-state index in [1.165, 1.54) is 11.1 Å². The minimum absolute atomic E-state index is 0.0831. The zero-order chi connectivity index (χ0) is 20.7. The first-order chi connectivity index (χ1) is 12.9. The molecule has 0 N–H and O–H groups in total. The van der Waals surface area contributed by atoms with Crippen LogP contribution in [0.3, 0.4) is 0 Å². The van der Waals surface area contributed by atoms with Crippen LogP contribution in [0.2, 0.25) is 0 Å². The fourth-order valence-corrected chi connectivity index (χ4v) is 4.31. The largest absolute Gasteiger partial charge is 0.335 e.